The lowest BCUT2D eigenvalue weighted by Crippen LogP contribution is -2.48. The van der Waals surface area contributed by atoms with Gasteiger partial charge in [-0.15, -0.1) is 0 Å². The summed E-state index contributed by atoms with van der Waals surface area (Å²) in [6, 6.07) is 0. The van der Waals surface area contributed by atoms with Crippen LogP contribution in [0.3, 0.4) is 0 Å². The number of carbonyl (C=O) groups is 1. The predicted molar refractivity (Wildman–Crippen MR) is 68.5 cm³/mol. The van der Waals surface area contributed by atoms with Crippen LogP contribution in [0.5, 0.6) is 0 Å². The highest BCUT2D eigenvalue weighted by molar-refractivity contribution is 5.76. The first-order valence-corrected chi connectivity index (χ1v) is 6.95. The van der Waals surface area contributed by atoms with Gasteiger partial charge in [0.15, 0.2) is 0 Å². The lowest BCUT2D eigenvalue weighted by molar-refractivity contribution is -0.139. The molecule has 0 aromatic carbocycles. The summed E-state index contributed by atoms with van der Waals surface area (Å²) < 4.78 is 11.1. The van der Waals surface area contributed by atoms with Crippen molar-refractivity contribution in [2.45, 2.75) is 37.9 Å². The summed E-state index contributed by atoms with van der Waals surface area (Å²) in [7, 11) is 1.90. The molecule has 0 bridgehead atoms. The number of carbonyl (C=O) groups excluding carboxylic acids is 1. The van der Waals surface area contributed by atoms with Crippen LogP contribution in [-0.4, -0.2) is 62.9 Å². The fraction of sp³-hybridized carbons (Fsp3) is 0.923. The van der Waals surface area contributed by atoms with Crippen molar-refractivity contribution in [2.75, 3.05) is 39.9 Å². The van der Waals surface area contributed by atoms with Crippen LogP contribution in [0.1, 0.15) is 25.7 Å². The van der Waals surface area contributed by atoms with Gasteiger partial charge in [-0.1, -0.05) is 0 Å². The molecule has 0 aromatic heterocycles. The Kier molecular flexibility index (Phi) is 5.41. The van der Waals surface area contributed by atoms with Gasteiger partial charge in [-0.25, -0.2) is 0 Å². The van der Waals surface area contributed by atoms with E-state index in [1.165, 1.54) is 0 Å². The molecule has 2 aliphatic rings. The Bertz CT molecular complexity index is 265. The highest BCUT2D eigenvalue weighted by atomic mass is 16.5. The fourth-order valence-electron chi connectivity index (χ4n) is 2.61. The monoisotopic (exact) mass is 256 g/mol. The first-order valence-electron chi connectivity index (χ1n) is 6.95. The minimum absolute atomic E-state index is 0.135. The Balaban J connectivity index is 1.70. The topological polar surface area (TPSA) is 50.8 Å². The number of hydrogen-bond donors (Lipinski definition) is 1. The Labute approximate surface area is 109 Å². The molecule has 2 saturated heterocycles. The van der Waals surface area contributed by atoms with E-state index in [9.17, 15) is 4.79 Å². The fourth-order valence-corrected chi connectivity index (χ4v) is 2.61. The maximum absolute atomic E-state index is 12.1. The summed E-state index contributed by atoms with van der Waals surface area (Å²) in [6.45, 7) is 3.75. The molecule has 2 unspecified atom stereocenters. The summed E-state index contributed by atoms with van der Waals surface area (Å²) in [4.78, 5) is 14.0. The predicted octanol–water partition coefficient (Wildman–Crippen LogP) is 0.392. The molecule has 104 valence electrons. The van der Waals surface area contributed by atoms with Crippen molar-refractivity contribution in [3.63, 3.8) is 0 Å². The number of likely N-dealkylation sites (N-methyl/N-ethyl adjacent to an activating group) is 1. The van der Waals surface area contributed by atoms with E-state index in [1.54, 1.807) is 0 Å². The van der Waals surface area contributed by atoms with Crippen LogP contribution in [0.2, 0.25) is 0 Å². The number of nitrogens with one attached hydrogen (secondary N) is 1. The van der Waals surface area contributed by atoms with Gasteiger partial charge in [0.05, 0.1) is 18.8 Å². The third-order valence-corrected chi connectivity index (χ3v) is 3.63. The highest BCUT2D eigenvalue weighted by Crippen LogP contribution is 2.18. The number of nitrogens with zero attached hydrogens (tertiary/aromatic N) is 1. The first kappa shape index (κ1) is 13.8. The molecule has 2 fully saturated rings. The molecule has 2 aliphatic heterocycles. The maximum atomic E-state index is 12.1. The van der Waals surface area contributed by atoms with Gasteiger partial charge in [-0.05, 0) is 26.3 Å². The largest absolute Gasteiger partial charge is 0.378 e. The standard InChI is InChI=1S/C13H24N2O3/c1-14-9-12-10-15(6-8-18-12)13(16)5-4-11-3-2-7-17-11/h11-12,14H,2-10H2,1H3. The molecule has 2 atom stereocenters. The minimum Gasteiger partial charge on any atom is -0.378 e. The summed E-state index contributed by atoms with van der Waals surface area (Å²) in [5.41, 5.74) is 0. The maximum Gasteiger partial charge on any atom is 0.222 e. The van der Waals surface area contributed by atoms with Crippen molar-refractivity contribution >= 4 is 5.91 Å². The normalized spacial score (nSPS) is 28.6. The Morgan fingerprint density at radius 1 is 1.33 bits per heavy atom. The van der Waals surface area contributed by atoms with Crippen molar-refractivity contribution in [1.29, 1.82) is 0 Å². The average molecular weight is 256 g/mol. The van der Waals surface area contributed by atoms with Gasteiger partial charge in [-0.3, -0.25) is 4.79 Å². The first-order chi connectivity index (χ1) is 8.79. The number of rotatable bonds is 5. The summed E-state index contributed by atoms with van der Waals surface area (Å²) in [6.07, 6.45) is 4.17. The van der Waals surface area contributed by atoms with E-state index in [4.69, 9.17) is 9.47 Å². The molecule has 0 radical (unpaired) electrons. The third kappa shape index (κ3) is 3.93. The van der Waals surface area contributed by atoms with Crippen LogP contribution in [0.25, 0.3) is 0 Å². The van der Waals surface area contributed by atoms with E-state index in [0.717, 1.165) is 39.0 Å². The number of ether oxygens (including phenoxy) is 2. The Hall–Kier alpha value is -0.650. The van der Waals surface area contributed by atoms with Crippen molar-refractivity contribution in [1.82, 2.24) is 10.2 Å². The quantitative estimate of drug-likeness (QED) is 0.773. The molecule has 5 nitrogen and oxygen atoms in total. The molecule has 2 rings (SSSR count). The molecule has 0 aliphatic carbocycles. The van der Waals surface area contributed by atoms with Crippen LogP contribution in [0, 0.1) is 0 Å². The van der Waals surface area contributed by atoms with E-state index in [-0.39, 0.29) is 12.0 Å². The van der Waals surface area contributed by atoms with E-state index in [1.807, 2.05) is 11.9 Å². The van der Waals surface area contributed by atoms with E-state index in [0.29, 0.717) is 25.7 Å². The Morgan fingerprint density at radius 2 is 2.17 bits per heavy atom. The van der Waals surface area contributed by atoms with E-state index < -0.39 is 0 Å². The zero-order valence-corrected chi connectivity index (χ0v) is 11.2. The van der Waals surface area contributed by atoms with Crippen molar-refractivity contribution in [3.8, 4) is 0 Å². The van der Waals surface area contributed by atoms with Gasteiger partial charge in [0, 0.05) is 32.7 Å². The average Bonchev–Trinajstić information content (AvgIpc) is 2.90. The van der Waals surface area contributed by atoms with E-state index in [2.05, 4.69) is 5.32 Å². The lowest BCUT2D eigenvalue weighted by Gasteiger charge is -2.33. The van der Waals surface area contributed by atoms with Gasteiger partial charge >= 0.3 is 0 Å². The number of amides is 1. The summed E-state index contributed by atoms with van der Waals surface area (Å²) in [5.74, 6) is 0.245. The second-order valence-corrected chi connectivity index (χ2v) is 5.06. The molecular weight excluding hydrogens is 232 g/mol. The third-order valence-electron chi connectivity index (χ3n) is 3.63. The van der Waals surface area contributed by atoms with Gasteiger partial charge < -0.3 is 19.7 Å². The van der Waals surface area contributed by atoms with Gasteiger partial charge in [0.1, 0.15) is 0 Å². The van der Waals surface area contributed by atoms with Crippen LogP contribution >= 0.6 is 0 Å². The van der Waals surface area contributed by atoms with E-state index >= 15 is 0 Å². The summed E-state index contributed by atoms with van der Waals surface area (Å²) in [5, 5.41) is 3.09. The molecular formula is C13H24N2O3. The van der Waals surface area contributed by atoms with Crippen molar-refractivity contribution < 1.29 is 14.3 Å². The molecule has 2 heterocycles. The Morgan fingerprint density at radius 3 is 2.89 bits per heavy atom. The van der Waals surface area contributed by atoms with Crippen LogP contribution in [0.4, 0.5) is 0 Å². The molecule has 1 N–H and O–H groups in total. The molecule has 0 spiro atoms. The molecule has 0 saturated carbocycles. The summed E-state index contributed by atoms with van der Waals surface area (Å²) >= 11 is 0. The zero-order valence-electron chi connectivity index (χ0n) is 11.2. The number of morpholine rings is 1. The van der Waals surface area contributed by atoms with Crippen LogP contribution in [0.15, 0.2) is 0 Å². The second-order valence-electron chi connectivity index (χ2n) is 5.06. The van der Waals surface area contributed by atoms with Gasteiger partial charge in [-0.2, -0.15) is 0 Å². The van der Waals surface area contributed by atoms with Crippen molar-refractivity contribution in [3.05, 3.63) is 0 Å². The molecule has 18 heavy (non-hydrogen) atoms. The lowest BCUT2D eigenvalue weighted by atomic mass is 10.1. The van der Waals surface area contributed by atoms with Crippen LogP contribution < -0.4 is 5.32 Å². The molecule has 1 amide bonds. The van der Waals surface area contributed by atoms with Gasteiger partial charge in [0.25, 0.3) is 0 Å². The second kappa shape index (κ2) is 7.07. The zero-order chi connectivity index (χ0) is 12.8. The molecule has 5 heteroatoms. The highest BCUT2D eigenvalue weighted by Gasteiger charge is 2.24. The van der Waals surface area contributed by atoms with Crippen molar-refractivity contribution in [2.24, 2.45) is 0 Å². The number of hydrogen-bond acceptors (Lipinski definition) is 4. The van der Waals surface area contributed by atoms with Crippen LogP contribution in [-0.2, 0) is 14.3 Å². The van der Waals surface area contributed by atoms with Gasteiger partial charge in [0.2, 0.25) is 5.91 Å². The SMILES string of the molecule is CNCC1CN(C(=O)CCC2CCCO2)CCO1. The molecule has 0 aromatic rings. The smallest absolute Gasteiger partial charge is 0.222 e. The minimum atomic E-state index is 0.135.